The van der Waals surface area contributed by atoms with Crippen LogP contribution in [0.15, 0.2) is 30.3 Å². The van der Waals surface area contributed by atoms with Crippen LogP contribution in [0.25, 0.3) is 0 Å². The van der Waals surface area contributed by atoms with Gasteiger partial charge in [-0.15, -0.1) is 0 Å². The molecule has 0 unspecified atom stereocenters. The van der Waals surface area contributed by atoms with E-state index >= 15 is 0 Å². The van der Waals surface area contributed by atoms with Gasteiger partial charge in [-0.2, -0.15) is 0 Å². The van der Waals surface area contributed by atoms with Crippen LogP contribution >= 0.6 is 0 Å². The second-order valence-electron chi connectivity index (χ2n) is 8.58. The van der Waals surface area contributed by atoms with Crippen LogP contribution in [0.4, 0.5) is 0 Å². The fraction of sp³-hybridized carbons (Fsp3) is 0.750. The molecule has 1 fully saturated rings. The Bertz CT molecular complexity index is 483. The van der Waals surface area contributed by atoms with Gasteiger partial charge < -0.3 is 0 Å². The molecular weight excluding hydrogens is 439 g/mol. The van der Waals surface area contributed by atoms with Crippen molar-refractivity contribution >= 4 is 18.4 Å². The predicted molar refractivity (Wildman–Crippen MR) is 119 cm³/mol. The van der Waals surface area contributed by atoms with E-state index in [-0.39, 0.29) is 0 Å². The van der Waals surface area contributed by atoms with E-state index < -0.39 is 18.4 Å². The van der Waals surface area contributed by atoms with Crippen molar-refractivity contribution in [2.24, 2.45) is 5.92 Å². The summed E-state index contributed by atoms with van der Waals surface area (Å²) in [5, 5.41) is 0. The van der Waals surface area contributed by atoms with Crippen LogP contribution in [-0.2, 0) is 9.47 Å². The molecular formula is C24H42O2Sn. The van der Waals surface area contributed by atoms with Gasteiger partial charge in [-0.3, -0.25) is 0 Å². The topological polar surface area (TPSA) is 18.5 Å². The number of ether oxygens (including phenoxy) is 2. The van der Waals surface area contributed by atoms with E-state index in [2.05, 4.69) is 51.1 Å². The summed E-state index contributed by atoms with van der Waals surface area (Å²) in [6.07, 6.45) is 8.41. The summed E-state index contributed by atoms with van der Waals surface area (Å²) in [4.78, 5) is 0. The number of rotatable bonds is 15. The van der Waals surface area contributed by atoms with Crippen molar-refractivity contribution < 1.29 is 9.47 Å². The number of hydrogen-bond acceptors (Lipinski definition) is 2. The third kappa shape index (κ3) is 6.47. The Labute approximate surface area is 172 Å². The van der Waals surface area contributed by atoms with Gasteiger partial charge >= 0.3 is 173 Å². The van der Waals surface area contributed by atoms with Gasteiger partial charge in [0.1, 0.15) is 0 Å². The second-order valence-corrected chi connectivity index (χ2v) is 22.5. The maximum absolute atomic E-state index is 5.91. The third-order valence-electron chi connectivity index (χ3n) is 6.66. The normalized spacial score (nSPS) is 22.1. The predicted octanol–water partition coefficient (Wildman–Crippen LogP) is 7.24. The van der Waals surface area contributed by atoms with Crippen molar-refractivity contribution in [1.82, 2.24) is 0 Å². The Kier molecular flexibility index (Phi) is 10.7. The molecule has 0 N–H and O–H groups in total. The zero-order chi connectivity index (χ0) is 19.5. The van der Waals surface area contributed by atoms with Crippen molar-refractivity contribution in [2.45, 2.75) is 82.5 Å². The van der Waals surface area contributed by atoms with E-state index in [1.807, 2.05) is 0 Å². The first-order valence-corrected chi connectivity index (χ1v) is 19.1. The summed E-state index contributed by atoms with van der Waals surface area (Å²) in [7, 11) is 1.73. The summed E-state index contributed by atoms with van der Waals surface area (Å²) < 4.78 is 16.8. The van der Waals surface area contributed by atoms with E-state index in [0.717, 1.165) is 22.4 Å². The maximum atomic E-state index is 5.91. The molecule has 2 rings (SSSR count). The number of unbranched alkanes of at least 4 members (excludes halogenated alkanes) is 3. The molecule has 1 aliphatic rings. The van der Waals surface area contributed by atoms with Crippen molar-refractivity contribution in [3.05, 3.63) is 35.9 Å². The molecule has 1 aliphatic carbocycles. The summed E-state index contributed by atoms with van der Waals surface area (Å²) in [6.45, 7) is 8.44. The molecule has 2 nitrogen and oxygen atoms in total. The van der Waals surface area contributed by atoms with E-state index in [4.69, 9.17) is 9.47 Å². The average molecular weight is 481 g/mol. The summed E-state index contributed by atoms with van der Waals surface area (Å²) in [5.41, 5.74) is 1.57. The molecule has 27 heavy (non-hydrogen) atoms. The minimum atomic E-state index is -2.24. The van der Waals surface area contributed by atoms with Crippen molar-refractivity contribution in [2.75, 3.05) is 20.5 Å². The number of methoxy groups -OCH3 is 1. The molecule has 0 bridgehead atoms. The SMILES string of the molecule is CCC[CH2][Sn]([CH2]CCC)([CH2]CCC)[C@@H]1[C@H](COCOC)[C@H]1c1ccccc1. The average Bonchev–Trinajstić information content (AvgIpc) is 3.43. The standard InChI is InChI=1S/C12H15O2.3C4H9.Sn/c1-13-9-14-8-11-7-12(11)10-5-3-2-4-6-10;3*1-3-4-2;/h2-7,11-12H,8-9H2,1H3;3*1,3-4H2,2H3;/t11-,12-;;;;/m1..../s1. The molecule has 3 atom stereocenters. The van der Waals surface area contributed by atoms with Crippen LogP contribution in [-0.4, -0.2) is 38.9 Å². The molecule has 0 heterocycles. The van der Waals surface area contributed by atoms with Crippen LogP contribution in [0.5, 0.6) is 0 Å². The Morgan fingerprint density at radius 1 is 0.852 bits per heavy atom. The van der Waals surface area contributed by atoms with Crippen LogP contribution in [0.2, 0.25) is 17.2 Å². The molecule has 0 saturated heterocycles. The van der Waals surface area contributed by atoms with Gasteiger partial charge in [0.25, 0.3) is 0 Å². The fourth-order valence-electron chi connectivity index (χ4n) is 5.28. The summed E-state index contributed by atoms with van der Waals surface area (Å²) in [5.74, 6) is 1.49. The molecule has 1 aromatic rings. The quantitative estimate of drug-likeness (QED) is 0.149. The van der Waals surface area contributed by atoms with E-state index in [0.29, 0.717) is 6.79 Å². The zero-order valence-corrected chi connectivity index (χ0v) is 21.1. The first-order chi connectivity index (χ1) is 13.2. The number of benzene rings is 1. The molecule has 0 spiro atoms. The fourth-order valence-corrected chi connectivity index (χ4v) is 25.9. The molecule has 1 aromatic carbocycles. The van der Waals surface area contributed by atoms with Crippen molar-refractivity contribution in [3.63, 3.8) is 0 Å². The van der Waals surface area contributed by atoms with Gasteiger partial charge in [-0.1, -0.05) is 0 Å². The molecule has 154 valence electrons. The Morgan fingerprint density at radius 2 is 1.41 bits per heavy atom. The first-order valence-electron chi connectivity index (χ1n) is 11.4. The van der Waals surface area contributed by atoms with Gasteiger partial charge in [0.15, 0.2) is 0 Å². The van der Waals surface area contributed by atoms with Gasteiger partial charge in [0.05, 0.1) is 0 Å². The molecule has 0 amide bonds. The first kappa shape index (κ1) is 23.2. The minimum absolute atomic E-state index is 0.437. The van der Waals surface area contributed by atoms with Crippen molar-refractivity contribution in [3.8, 4) is 0 Å². The summed E-state index contributed by atoms with van der Waals surface area (Å²) >= 11 is -2.24. The molecule has 3 heteroatoms. The second kappa shape index (κ2) is 12.5. The van der Waals surface area contributed by atoms with Gasteiger partial charge in [0, 0.05) is 0 Å². The number of hydrogen-bond donors (Lipinski definition) is 0. The van der Waals surface area contributed by atoms with Crippen LogP contribution in [0.1, 0.15) is 70.8 Å². The summed E-state index contributed by atoms with van der Waals surface area (Å²) in [6, 6.07) is 11.3. The third-order valence-corrected chi connectivity index (χ3v) is 24.5. The van der Waals surface area contributed by atoms with E-state index in [1.165, 1.54) is 38.5 Å². The molecule has 0 aromatic heterocycles. The molecule has 0 aliphatic heterocycles. The van der Waals surface area contributed by atoms with Crippen LogP contribution in [0.3, 0.4) is 0 Å². The Morgan fingerprint density at radius 3 is 1.89 bits per heavy atom. The van der Waals surface area contributed by atoms with Crippen molar-refractivity contribution in [1.29, 1.82) is 0 Å². The monoisotopic (exact) mass is 482 g/mol. The Hall–Kier alpha value is -0.0613. The van der Waals surface area contributed by atoms with Gasteiger partial charge in [-0.25, -0.2) is 0 Å². The zero-order valence-electron chi connectivity index (χ0n) is 18.2. The Balaban J connectivity index is 2.26. The van der Waals surface area contributed by atoms with Gasteiger partial charge in [-0.05, 0) is 0 Å². The van der Waals surface area contributed by atoms with Crippen LogP contribution in [0, 0.1) is 5.92 Å². The molecule has 0 radical (unpaired) electrons. The van der Waals surface area contributed by atoms with E-state index in [1.54, 1.807) is 26.0 Å². The van der Waals surface area contributed by atoms with E-state index in [9.17, 15) is 0 Å². The molecule has 1 saturated carbocycles. The van der Waals surface area contributed by atoms with Gasteiger partial charge in [0.2, 0.25) is 0 Å². The van der Waals surface area contributed by atoms with Crippen LogP contribution < -0.4 is 0 Å².